The van der Waals surface area contributed by atoms with E-state index in [9.17, 15) is 19.2 Å². The highest BCUT2D eigenvalue weighted by Gasteiger charge is 2.26. The molecule has 10 nitrogen and oxygen atoms in total. The fourth-order valence-electron chi connectivity index (χ4n) is 1.88. The summed E-state index contributed by atoms with van der Waals surface area (Å²) in [7, 11) is 0. The number of carbonyl (C=O) groups is 4. The van der Waals surface area contributed by atoms with E-state index in [0.717, 1.165) is 12.1 Å². The highest BCUT2D eigenvalue weighted by atomic mass is 16.4. The second-order valence-electron chi connectivity index (χ2n) is 4.00. The molecule has 1 aromatic carbocycles. The Morgan fingerprint density at radius 3 is 1.86 bits per heavy atom. The number of nitrogens with zero attached hydrogens (tertiary/aromatic N) is 2. The molecular weight excluding hydrogens is 300 g/mol. The summed E-state index contributed by atoms with van der Waals surface area (Å²) in [5.74, 6) is -7.44. The summed E-state index contributed by atoms with van der Waals surface area (Å²) < 4.78 is 0. The third kappa shape index (κ3) is 2.28. The van der Waals surface area contributed by atoms with Gasteiger partial charge < -0.3 is 20.4 Å². The first kappa shape index (κ1) is 14.8. The van der Waals surface area contributed by atoms with Gasteiger partial charge in [0.15, 0.2) is 5.69 Å². The summed E-state index contributed by atoms with van der Waals surface area (Å²) >= 11 is 0. The molecule has 0 atom stereocenters. The number of fused-ring (bicyclic) bond motifs is 1. The molecule has 1 heterocycles. The molecule has 1 aromatic heterocycles. The lowest BCUT2D eigenvalue weighted by atomic mass is 10.00. The molecule has 0 aliphatic carbocycles. The second kappa shape index (κ2) is 5.09. The lowest BCUT2D eigenvalue weighted by Crippen LogP contribution is -2.16. The summed E-state index contributed by atoms with van der Waals surface area (Å²) in [6.45, 7) is 0. The predicted molar refractivity (Wildman–Crippen MR) is 67.4 cm³/mol. The average Bonchev–Trinajstić information content (AvgIpc) is 2.43. The zero-order valence-electron chi connectivity index (χ0n) is 10.5. The molecule has 0 saturated carbocycles. The molecule has 112 valence electrons. The van der Waals surface area contributed by atoms with Crippen LogP contribution in [0.5, 0.6) is 0 Å². The van der Waals surface area contributed by atoms with E-state index in [4.69, 9.17) is 20.4 Å². The van der Waals surface area contributed by atoms with Gasteiger partial charge in [-0.25, -0.2) is 29.1 Å². The quantitative estimate of drug-likeness (QED) is 0.619. The zero-order valence-corrected chi connectivity index (χ0v) is 10.5. The molecule has 0 spiro atoms. The fourth-order valence-corrected chi connectivity index (χ4v) is 1.88. The van der Waals surface area contributed by atoms with Gasteiger partial charge >= 0.3 is 23.9 Å². The normalized spacial score (nSPS) is 10.4. The van der Waals surface area contributed by atoms with Crippen LogP contribution in [-0.4, -0.2) is 54.3 Å². The summed E-state index contributed by atoms with van der Waals surface area (Å²) in [6, 6.07) is 1.92. The van der Waals surface area contributed by atoms with Crippen molar-refractivity contribution in [1.29, 1.82) is 0 Å². The van der Waals surface area contributed by atoms with Crippen molar-refractivity contribution in [3.05, 3.63) is 34.8 Å². The van der Waals surface area contributed by atoms with E-state index >= 15 is 0 Å². The SMILES string of the molecule is O=C(O)c1nc(C(=O)O)c2c(C(=O)O)c(C(=O)O)ccc2n1. The largest absolute Gasteiger partial charge is 0.478 e. The van der Waals surface area contributed by atoms with Gasteiger partial charge in [0.1, 0.15) is 0 Å². The van der Waals surface area contributed by atoms with E-state index in [1.165, 1.54) is 0 Å². The number of hydrogen-bond acceptors (Lipinski definition) is 6. The number of carboxylic acid groups (broad SMARTS) is 4. The Morgan fingerprint density at radius 1 is 0.773 bits per heavy atom. The topological polar surface area (TPSA) is 175 Å². The molecule has 0 saturated heterocycles. The van der Waals surface area contributed by atoms with E-state index in [1.54, 1.807) is 0 Å². The van der Waals surface area contributed by atoms with Crippen LogP contribution in [0.3, 0.4) is 0 Å². The van der Waals surface area contributed by atoms with Crippen molar-refractivity contribution >= 4 is 34.8 Å². The molecular formula is C12H6N2O8. The molecule has 0 radical (unpaired) electrons. The predicted octanol–water partition coefficient (Wildman–Crippen LogP) is 0.423. The van der Waals surface area contributed by atoms with Crippen molar-refractivity contribution in [3.8, 4) is 0 Å². The maximum Gasteiger partial charge on any atom is 0.373 e. The van der Waals surface area contributed by atoms with Crippen LogP contribution in [0.15, 0.2) is 12.1 Å². The van der Waals surface area contributed by atoms with E-state index < -0.39 is 51.9 Å². The molecule has 10 heteroatoms. The maximum atomic E-state index is 11.3. The van der Waals surface area contributed by atoms with Crippen LogP contribution >= 0.6 is 0 Å². The molecule has 0 fully saturated rings. The van der Waals surface area contributed by atoms with Gasteiger partial charge in [-0.2, -0.15) is 0 Å². The Hall–Kier alpha value is -3.56. The van der Waals surface area contributed by atoms with Crippen molar-refractivity contribution in [1.82, 2.24) is 9.97 Å². The highest BCUT2D eigenvalue weighted by molar-refractivity contribution is 6.16. The minimum atomic E-state index is -1.71. The van der Waals surface area contributed by atoms with Gasteiger partial charge in [-0.15, -0.1) is 0 Å². The van der Waals surface area contributed by atoms with Crippen molar-refractivity contribution < 1.29 is 39.6 Å². The summed E-state index contributed by atoms with van der Waals surface area (Å²) in [6.07, 6.45) is 0. The van der Waals surface area contributed by atoms with Crippen LogP contribution in [-0.2, 0) is 0 Å². The number of benzene rings is 1. The lowest BCUT2D eigenvalue weighted by molar-refractivity contribution is 0.0651. The summed E-state index contributed by atoms with van der Waals surface area (Å²) in [4.78, 5) is 51.3. The van der Waals surface area contributed by atoms with E-state index in [1.807, 2.05) is 0 Å². The van der Waals surface area contributed by atoms with Crippen molar-refractivity contribution in [3.63, 3.8) is 0 Å². The molecule has 22 heavy (non-hydrogen) atoms. The van der Waals surface area contributed by atoms with E-state index in [0.29, 0.717) is 0 Å². The minimum absolute atomic E-state index is 0.299. The first-order chi connectivity index (χ1) is 10.2. The Morgan fingerprint density at radius 2 is 1.41 bits per heavy atom. The molecule has 0 unspecified atom stereocenters. The van der Waals surface area contributed by atoms with Crippen LogP contribution in [0, 0.1) is 0 Å². The fraction of sp³-hybridized carbons (Fsp3) is 0. The number of aromatic carboxylic acids is 4. The lowest BCUT2D eigenvalue weighted by Gasteiger charge is -2.09. The van der Waals surface area contributed by atoms with Gasteiger partial charge in [-0.3, -0.25) is 0 Å². The molecule has 0 aliphatic heterocycles. The van der Waals surface area contributed by atoms with Crippen molar-refractivity contribution in [2.75, 3.05) is 0 Å². The first-order valence-electron chi connectivity index (χ1n) is 5.52. The Bertz CT molecular complexity index is 858. The summed E-state index contributed by atoms with van der Waals surface area (Å²) in [5.41, 5.74) is -2.68. The maximum absolute atomic E-state index is 11.3. The Labute approximate surface area is 120 Å². The van der Waals surface area contributed by atoms with Gasteiger partial charge in [-0.1, -0.05) is 0 Å². The summed E-state index contributed by atoms with van der Waals surface area (Å²) in [5, 5.41) is 35.6. The van der Waals surface area contributed by atoms with Crippen LogP contribution in [0.1, 0.15) is 41.8 Å². The average molecular weight is 306 g/mol. The number of aromatic nitrogens is 2. The molecule has 0 bridgehead atoms. The smallest absolute Gasteiger partial charge is 0.373 e. The second-order valence-corrected chi connectivity index (χ2v) is 4.00. The molecule has 0 amide bonds. The van der Waals surface area contributed by atoms with Gasteiger partial charge in [0.2, 0.25) is 5.82 Å². The minimum Gasteiger partial charge on any atom is -0.478 e. The molecule has 0 aliphatic rings. The zero-order chi connectivity index (χ0) is 16.6. The van der Waals surface area contributed by atoms with Gasteiger partial charge in [0.05, 0.1) is 16.6 Å². The van der Waals surface area contributed by atoms with E-state index in [2.05, 4.69) is 9.97 Å². The van der Waals surface area contributed by atoms with Crippen LogP contribution < -0.4 is 0 Å². The first-order valence-corrected chi connectivity index (χ1v) is 5.52. The Kier molecular flexibility index (Phi) is 3.43. The van der Waals surface area contributed by atoms with Crippen LogP contribution in [0.25, 0.3) is 10.9 Å². The molecule has 4 N–H and O–H groups in total. The van der Waals surface area contributed by atoms with E-state index in [-0.39, 0.29) is 5.52 Å². The van der Waals surface area contributed by atoms with Gasteiger partial charge in [0.25, 0.3) is 0 Å². The number of carboxylic acids is 4. The van der Waals surface area contributed by atoms with Gasteiger partial charge in [0, 0.05) is 5.39 Å². The third-order valence-corrected chi connectivity index (χ3v) is 2.70. The monoisotopic (exact) mass is 306 g/mol. The van der Waals surface area contributed by atoms with Crippen molar-refractivity contribution in [2.24, 2.45) is 0 Å². The third-order valence-electron chi connectivity index (χ3n) is 2.70. The number of rotatable bonds is 4. The van der Waals surface area contributed by atoms with Crippen LogP contribution in [0.4, 0.5) is 0 Å². The van der Waals surface area contributed by atoms with Gasteiger partial charge in [-0.05, 0) is 12.1 Å². The van der Waals surface area contributed by atoms with Crippen molar-refractivity contribution in [2.45, 2.75) is 0 Å². The Balaban J connectivity index is 3.06. The highest BCUT2D eigenvalue weighted by Crippen LogP contribution is 2.25. The number of hydrogen-bond donors (Lipinski definition) is 4. The molecule has 2 aromatic rings. The van der Waals surface area contributed by atoms with Crippen LogP contribution in [0.2, 0.25) is 0 Å². The molecule has 2 rings (SSSR count). The standard InChI is InChI=1S/C12H6N2O8/c15-9(16)3-1-2-4-6(5(3)10(17)18)7(11(19)20)14-8(13-4)12(21)22/h1-2H,(H,15,16)(H,17,18)(H,19,20)(H,21,22).